The van der Waals surface area contributed by atoms with Gasteiger partial charge in [-0.2, -0.15) is 0 Å². The minimum atomic E-state index is -1.26. The number of rotatable bonds is 9. The number of carbonyl (C=O) groups excluding carboxylic acids is 4. The van der Waals surface area contributed by atoms with Crippen LogP contribution in [0.1, 0.15) is 56.7 Å². The number of pyridine rings is 1. The van der Waals surface area contributed by atoms with E-state index in [-0.39, 0.29) is 55.5 Å². The van der Waals surface area contributed by atoms with E-state index in [0.29, 0.717) is 31.6 Å². The Hall–Kier alpha value is -3.55. The lowest BCUT2D eigenvalue weighted by molar-refractivity contribution is -0.148. The summed E-state index contributed by atoms with van der Waals surface area (Å²) in [5.41, 5.74) is 0.198. The zero-order valence-electron chi connectivity index (χ0n) is 20.7. The zero-order valence-corrected chi connectivity index (χ0v) is 20.7. The van der Waals surface area contributed by atoms with Crippen LogP contribution in [0.2, 0.25) is 0 Å². The number of piperidine rings is 1. The predicted octanol–water partition coefficient (Wildman–Crippen LogP) is 3.05. The number of aromatic nitrogens is 1. The molecule has 8 heteroatoms. The van der Waals surface area contributed by atoms with Gasteiger partial charge in [0.1, 0.15) is 0 Å². The van der Waals surface area contributed by atoms with Gasteiger partial charge in [-0.3, -0.25) is 29.1 Å². The van der Waals surface area contributed by atoms with Gasteiger partial charge in [0.25, 0.3) is 0 Å². The molecule has 2 atom stereocenters. The molecular weight excluding hydrogens is 458 g/mol. The van der Waals surface area contributed by atoms with E-state index in [9.17, 15) is 19.2 Å². The molecule has 3 heterocycles. The highest BCUT2D eigenvalue weighted by Crippen LogP contribution is 2.41. The number of hydrogen-bond donors (Lipinski definition) is 0. The van der Waals surface area contributed by atoms with Crippen LogP contribution in [0.25, 0.3) is 0 Å². The van der Waals surface area contributed by atoms with Crippen LogP contribution in [0.3, 0.4) is 0 Å². The van der Waals surface area contributed by atoms with Crippen LogP contribution >= 0.6 is 0 Å². The molecule has 1 aromatic carbocycles. The Labute approximate surface area is 211 Å². The number of ether oxygens (including phenoxy) is 1. The first-order valence-corrected chi connectivity index (χ1v) is 12.7. The Balaban J connectivity index is 1.57. The molecule has 2 saturated heterocycles. The van der Waals surface area contributed by atoms with Crippen LogP contribution in [0.4, 0.5) is 0 Å². The second-order valence-corrected chi connectivity index (χ2v) is 9.47. The summed E-state index contributed by atoms with van der Waals surface area (Å²) < 4.78 is 5.12. The van der Waals surface area contributed by atoms with E-state index in [2.05, 4.69) is 4.98 Å². The molecule has 190 valence electrons. The van der Waals surface area contributed by atoms with E-state index >= 15 is 0 Å². The van der Waals surface area contributed by atoms with Crippen molar-refractivity contribution in [2.24, 2.45) is 0 Å². The van der Waals surface area contributed by atoms with E-state index in [4.69, 9.17) is 4.74 Å². The standard InChI is InChI=1S/C28H33N3O5/c1-2-36-26(34)18-23-13-7-9-16-30(23)24(32)19-28(21-10-4-3-5-11-21)20-25(33)31(27(28)35)17-14-22-12-6-8-15-29-22/h3-6,8,10-12,15,23H,2,7,9,13-14,16-20H2,1H3/t23-,28+/m0/s1. The van der Waals surface area contributed by atoms with Gasteiger partial charge in [0.15, 0.2) is 0 Å². The maximum absolute atomic E-state index is 13.9. The lowest BCUT2D eigenvalue weighted by Crippen LogP contribution is -2.49. The number of nitrogens with zero attached hydrogens (tertiary/aromatic N) is 3. The normalized spacial score (nSPS) is 22.1. The molecule has 2 aromatic rings. The lowest BCUT2D eigenvalue weighted by atomic mass is 9.75. The largest absolute Gasteiger partial charge is 0.466 e. The highest BCUT2D eigenvalue weighted by Gasteiger charge is 2.54. The summed E-state index contributed by atoms with van der Waals surface area (Å²) in [4.78, 5) is 60.2. The maximum Gasteiger partial charge on any atom is 0.307 e. The maximum atomic E-state index is 13.9. The summed E-state index contributed by atoms with van der Waals surface area (Å²) >= 11 is 0. The second-order valence-electron chi connectivity index (χ2n) is 9.47. The lowest BCUT2D eigenvalue weighted by Gasteiger charge is -2.37. The fourth-order valence-corrected chi connectivity index (χ4v) is 5.34. The molecule has 0 saturated carbocycles. The fourth-order valence-electron chi connectivity index (χ4n) is 5.34. The summed E-state index contributed by atoms with van der Waals surface area (Å²) in [6.45, 7) is 2.79. The molecular formula is C28H33N3O5. The van der Waals surface area contributed by atoms with Crippen LogP contribution in [-0.4, -0.2) is 64.2 Å². The van der Waals surface area contributed by atoms with Crippen molar-refractivity contribution in [3.63, 3.8) is 0 Å². The molecule has 0 unspecified atom stereocenters. The van der Waals surface area contributed by atoms with Gasteiger partial charge in [-0.05, 0) is 43.9 Å². The Morgan fingerprint density at radius 1 is 1.08 bits per heavy atom. The van der Waals surface area contributed by atoms with Gasteiger partial charge >= 0.3 is 5.97 Å². The molecule has 3 amide bonds. The number of likely N-dealkylation sites (tertiary alicyclic amines) is 2. The molecule has 36 heavy (non-hydrogen) atoms. The molecule has 8 nitrogen and oxygen atoms in total. The summed E-state index contributed by atoms with van der Waals surface area (Å²) in [6.07, 6.45) is 4.59. The first kappa shape index (κ1) is 25.5. The Morgan fingerprint density at radius 2 is 1.86 bits per heavy atom. The van der Waals surface area contributed by atoms with Crippen LogP contribution in [0.5, 0.6) is 0 Å². The number of amides is 3. The molecule has 2 aliphatic rings. The van der Waals surface area contributed by atoms with Gasteiger partial charge in [-0.1, -0.05) is 36.4 Å². The van der Waals surface area contributed by atoms with Crippen molar-refractivity contribution in [2.75, 3.05) is 19.7 Å². The molecule has 2 aliphatic heterocycles. The van der Waals surface area contributed by atoms with Gasteiger partial charge in [0, 0.05) is 50.3 Å². The Bertz CT molecular complexity index is 1090. The van der Waals surface area contributed by atoms with Crippen molar-refractivity contribution in [3.05, 3.63) is 66.0 Å². The smallest absolute Gasteiger partial charge is 0.307 e. The predicted molar refractivity (Wildman–Crippen MR) is 133 cm³/mol. The SMILES string of the molecule is CCOC(=O)C[C@@H]1CCCCN1C(=O)C[C@]1(c2ccccc2)CC(=O)N(CCc2ccccn2)C1=O. The minimum absolute atomic E-state index is 0.0554. The third-order valence-electron chi connectivity index (χ3n) is 7.16. The average Bonchev–Trinajstić information content (AvgIpc) is 3.13. The number of imide groups is 1. The van der Waals surface area contributed by atoms with Gasteiger partial charge in [-0.15, -0.1) is 0 Å². The molecule has 0 aliphatic carbocycles. The van der Waals surface area contributed by atoms with Gasteiger partial charge in [-0.25, -0.2) is 0 Å². The number of benzene rings is 1. The summed E-state index contributed by atoms with van der Waals surface area (Å²) in [6, 6.07) is 14.4. The van der Waals surface area contributed by atoms with Gasteiger partial charge < -0.3 is 9.64 Å². The molecule has 4 rings (SSSR count). The second kappa shape index (κ2) is 11.5. The number of esters is 1. The Kier molecular flexibility index (Phi) is 8.13. The fraction of sp³-hybridized carbons (Fsp3) is 0.464. The van der Waals surface area contributed by atoms with Crippen molar-refractivity contribution in [1.29, 1.82) is 0 Å². The highest BCUT2D eigenvalue weighted by atomic mass is 16.5. The van der Waals surface area contributed by atoms with Crippen molar-refractivity contribution in [2.45, 2.75) is 63.3 Å². The molecule has 1 aromatic heterocycles. The molecule has 2 fully saturated rings. The minimum Gasteiger partial charge on any atom is -0.466 e. The van der Waals surface area contributed by atoms with Gasteiger partial charge in [0.2, 0.25) is 17.7 Å². The summed E-state index contributed by atoms with van der Waals surface area (Å²) in [5, 5.41) is 0. The van der Waals surface area contributed by atoms with Crippen LogP contribution in [0.15, 0.2) is 54.7 Å². The highest BCUT2D eigenvalue weighted by molar-refractivity contribution is 6.10. The van der Waals surface area contributed by atoms with Crippen molar-refractivity contribution in [3.8, 4) is 0 Å². The van der Waals surface area contributed by atoms with Gasteiger partial charge in [0.05, 0.1) is 18.4 Å². The topological polar surface area (TPSA) is 96.9 Å². The first-order valence-electron chi connectivity index (χ1n) is 12.7. The van der Waals surface area contributed by atoms with Crippen molar-refractivity contribution in [1.82, 2.24) is 14.8 Å². The Morgan fingerprint density at radius 3 is 2.58 bits per heavy atom. The monoisotopic (exact) mass is 491 g/mol. The summed E-state index contributed by atoms with van der Waals surface area (Å²) in [7, 11) is 0. The summed E-state index contributed by atoms with van der Waals surface area (Å²) in [5.74, 6) is -1.16. The number of carbonyl (C=O) groups is 4. The van der Waals surface area contributed by atoms with E-state index < -0.39 is 5.41 Å². The van der Waals surface area contributed by atoms with E-state index in [1.54, 1.807) is 18.0 Å². The van der Waals surface area contributed by atoms with E-state index in [1.807, 2.05) is 48.5 Å². The van der Waals surface area contributed by atoms with Crippen LogP contribution in [-0.2, 0) is 35.8 Å². The number of hydrogen-bond acceptors (Lipinski definition) is 6. The van der Waals surface area contributed by atoms with Crippen molar-refractivity contribution < 1.29 is 23.9 Å². The molecule has 0 spiro atoms. The molecule has 0 radical (unpaired) electrons. The molecule has 0 N–H and O–H groups in total. The third-order valence-corrected chi connectivity index (χ3v) is 7.16. The van der Waals surface area contributed by atoms with Crippen LogP contribution in [0, 0.1) is 0 Å². The molecule has 0 bridgehead atoms. The first-order chi connectivity index (χ1) is 17.4. The zero-order chi connectivity index (χ0) is 25.5. The van der Waals surface area contributed by atoms with E-state index in [0.717, 1.165) is 18.5 Å². The van der Waals surface area contributed by atoms with Crippen molar-refractivity contribution >= 4 is 23.7 Å². The quantitative estimate of drug-likeness (QED) is 0.395. The third kappa shape index (κ3) is 5.48. The van der Waals surface area contributed by atoms with Crippen LogP contribution < -0.4 is 0 Å². The average molecular weight is 492 g/mol. The van der Waals surface area contributed by atoms with E-state index in [1.165, 1.54) is 4.90 Å².